The number of hydrogen-bond donors (Lipinski definition) is 0. The van der Waals surface area contributed by atoms with Crippen LogP contribution in [0, 0.1) is 10.8 Å². The number of unbranched alkanes of at least 4 members (excludes halogenated alkanes) is 1. The van der Waals surface area contributed by atoms with Gasteiger partial charge in [0.2, 0.25) is 0 Å². The van der Waals surface area contributed by atoms with E-state index in [1.165, 1.54) is 70.6 Å². The highest BCUT2D eigenvalue weighted by atomic mass is 14.4. The first-order valence-corrected chi connectivity index (χ1v) is 8.10. The minimum atomic E-state index is 0.682. The lowest BCUT2D eigenvalue weighted by molar-refractivity contribution is 0.0645. The molecule has 1 aliphatic rings. The highest BCUT2D eigenvalue weighted by molar-refractivity contribution is 4.90. The predicted molar refractivity (Wildman–Crippen MR) is 78.3 cm³/mol. The summed E-state index contributed by atoms with van der Waals surface area (Å²) in [6.45, 7) is 9.60. The second-order valence-corrected chi connectivity index (χ2v) is 6.91. The summed E-state index contributed by atoms with van der Waals surface area (Å²) in [5.41, 5.74) is 1.41. The van der Waals surface area contributed by atoms with E-state index >= 15 is 0 Å². The molecule has 1 saturated carbocycles. The lowest BCUT2D eigenvalue weighted by Crippen LogP contribution is -2.32. The van der Waals surface area contributed by atoms with Crippen molar-refractivity contribution in [1.82, 2.24) is 0 Å². The fourth-order valence-electron chi connectivity index (χ4n) is 3.92. The lowest BCUT2D eigenvalue weighted by atomic mass is 9.60. The smallest absolute Gasteiger partial charge is 0.0297 e. The van der Waals surface area contributed by atoms with Gasteiger partial charge in [0.25, 0.3) is 0 Å². The van der Waals surface area contributed by atoms with Crippen molar-refractivity contribution in [2.75, 3.05) is 0 Å². The maximum atomic E-state index is 2.55. The Kier molecular flexibility index (Phi) is 6.03. The lowest BCUT2D eigenvalue weighted by Gasteiger charge is -2.45. The molecular weight excluding hydrogens is 204 g/mol. The van der Waals surface area contributed by atoms with Crippen molar-refractivity contribution in [2.45, 2.75) is 98.3 Å². The maximum absolute atomic E-state index is 2.55. The van der Waals surface area contributed by atoms with Gasteiger partial charge in [0, 0.05) is 0 Å². The van der Waals surface area contributed by atoms with Gasteiger partial charge in [-0.2, -0.15) is 0 Å². The van der Waals surface area contributed by atoms with Crippen LogP contribution in [0.25, 0.3) is 0 Å². The third-order valence-electron chi connectivity index (χ3n) is 5.21. The average Bonchev–Trinajstić information content (AvgIpc) is 2.32. The fourth-order valence-corrected chi connectivity index (χ4v) is 3.92. The third-order valence-corrected chi connectivity index (χ3v) is 5.21. The van der Waals surface area contributed by atoms with Crippen molar-refractivity contribution in [3.63, 3.8) is 0 Å². The van der Waals surface area contributed by atoms with Crippen LogP contribution in [0.2, 0.25) is 0 Å². The number of rotatable bonds is 7. The largest absolute Gasteiger partial charge is 0.0654 e. The molecule has 0 aromatic carbocycles. The van der Waals surface area contributed by atoms with Crippen molar-refractivity contribution >= 4 is 0 Å². The summed E-state index contributed by atoms with van der Waals surface area (Å²) in [7, 11) is 0. The van der Waals surface area contributed by atoms with Gasteiger partial charge in [-0.1, -0.05) is 53.4 Å². The number of hydrogen-bond acceptors (Lipinski definition) is 0. The quantitative estimate of drug-likeness (QED) is 0.485. The molecule has 0 aromatic rings. The third kappa shape index (κ3) is 4.30. The van der Waals surface area contributed by atoms with Crippen LogP contribution in [0.4, 0.5) is 0 Å². The molecule has 0 heterocycles. The van der Waals surface area contributed by atoms with E-state index in [4.69, 9.17) is 0 Å². The summed E-state index contributed by atoms with van der Waals surface area (Å²) in [6.07, 6.45) is 16.0. The van der Waals surface area contributed by atoms with Gasteiger partial charge < -0.3 is 0 Å². The van der Waals surface area contributed by atoms with Gasteiger partial charge in [-0.15, -0.1) is 0 Å². The van der Waals surface area contributed by atoms with Gasteiger partial charge in [-0.05, 0) is 55.8 Å². The van der Waals surface area contributed by atoms with Crippen LogP contribution in [0.15, 0.2) is 0 Å². The van der Waals surface area contributed by atoms with E-state index in [-0.39, 0.29) is 0 Å². The van der Waals surface area contributed by atoms with Crippen LogP contribution in [0.5, 0.6) is 0 Å². The van der Waals surface area contributed by atoms with Gasteiger partial charge >= 0.3 is 0 Å². The van der Waals surface area contributed by atoms with E-state index in [1.807, 2.05) is 0 Å². The second kappa shape index (κ2) is 6.81. The molecule has 0 nitrogen and oxygen atoms in total. The Labute approximate surface area is 110 Å². The Hall–Kier alpha value is 0. The molecule has 0 aliphatic heterocycles. The van der Waals surface area contributed by atoms with E-state index in [9.17, 15) is 0 Å². The van der Waals surface area contributed by atoms with Crippen molar-refractivity contribution in [3.8, 4) is 0 Å². The summed E-state index contributed by atoms with van der Waals surface area (Å²) in [5.74, 6) is 0. The molecule has 0 unspecified atom stereocenters. The summed E-state index contributed by atoms with van der Waals surface area (Å²) < 4.78 is 0. The highest BCUT2D eigenvalue weighted by Crippen LogP contribution is 2.51. The van der Waals surface area contributed by atoms with Gasteiger partial charge in [0.15, 0.2) is 0 Å². The van der Waals surface area contributed by atoms with E-state index in [1.54, 1.807) is 0 Å². The Morgan fingerprint density at radius 2 is 1.24 bits per heavy atom. The van der Waals surface area contributed by atoms with Crippen molar-refractivity contribution in [1.29, 1.82) is 0 Å². The van der Waals surface area contributed by atoms with Crippen LogP contribution in [0.3, 0.4) is 0 Å². The molecule has 1 aliphatic carbocycles. The molecule has 0 radical (unpaired) electrons. The fraction of sp³-hybridized carbons (Fsp3) is 1.00. The second-order valence-electron chi connectivity index (χ2n) is 6.91. The molecule has 17 heavy (non-hydrogen) atoms. The molecule has 0 heteroatoms. The van der Waals surface area contributed by atoms with Crippen molar-refractivity contribution in [3.05, 3.63) is 0 Å². The predicted octanol–water partition coefficient (Wildman–Crippen LogP) is 6.34. The maximum Gasteiger partial charge on any atom is -0.0297 e. The molecule has 0 bridgehead atoms. The summed E-state index contributed by atoms with van der Waals surface area (Å²) >= 11 is 0. The van der Waals surface area contributed by atoms with E-state index < -0.39 is 0 Å². The Morgan fingerprint density at radius 3 is 1.65 bits per heavy atom. The van der Waals surface area contributed by atoms with Gasteiger partial charge in [-0.25, -0.2) is 0 Å². The summed E-state index contributed by atoms with van der Waals surface area (Å²) in [6, 6.07) is 0. The van der Waals surface area contributed by atoms with Crippen LogP contribution in [-0.2, 0) is 0 Å². The molecule has 0 saturated heterocycles. The minimum Gasteiger partial charge on any atom is -0.0654 e. The Balaban J connectivity index is 2.50. The molecule has 0 spiro atoms. The van der Waals surface area contributed by atoms with Crippen LogP contribution in [0.1, 0.15) is 98.3 Å². The summed E-state index contributed by atoms with van der Waals surface area (Å²) in [5, 5.41) is 0. The normalized spacial score (nSPS) is 22.6. The van der Waals surface area contributed by atoms with E-state index in [0.29, 0.717) is 5.41 Å². The molecule has 0 aromatic heterocycles. The van der Waals surface area contributed by atoms with Gasteiger partial charge in [-0.3, -0.25) is 0 Å². The monoisotopic (exact) mass is 238 g/mol. The summed E-state index contributed by atoms with van der Waals surface area (Å²) in [4.78, 5) is 0. The topological polar surface area (TPSA) is 0 Å². The zero-order chi connectivity index (χ0) is 12.8. The Morgan fingerprint density at radius 1 is 0.706 bits per heavy atom. The Bertz CT molecular complexity index is 188. The molecule has 0 amide bonds. The van der Waals surface area contributed by atoms with Crippen LogP contribution < -0.4 is 0 Å². The molecular formula is C17H34. The first-order chi connectivity index (χ1) is 8.10. The highest BCUT2D eigenvalue weighted by Gasteiger charge is 2.38. The van der Waals surface area contributed by atoms with E-state index in [2.05, 4.69) is 27.7 Å². The zero-order valence-corrected chi connectivity index (χ0v) is 12.8. The van der Waals surface area contributed by atoms with Crippen molar-refractivity contribution < 1.29 is 0 Å². The van der Waals surface area contributed by atoms with Crippen LogP contribution >= 0.6 is 0 Å². The van der Waals surface area contributed by atoms with Gasteiger partial charge in [0.1, 0.15) is 0 Å². The molecule has 0 atom stereocenters. The zero-order valence-electron chi connectivity index (χ0n) is 12.8. The van der Waals surface area contributed by atoms with E-state index in [0.717, 1.165) is 5.41 Å². The molecule has 1 fully saturated rings. The SMILES string of the molecule is CCCCC1(C)CCC(CCC)(CCC)CC1. The van der Waals surface area contributed by atoms with Gasteiger partial charge in [0.05, 0.1) is 0 Å². The standard InChI is InChI=1S/C17H34/c1-5-8-11-16(4)12-14-17(9-6-2,10-7-3)15-13-16/h5-15H2,1-4H3. The van der Waals surface area contributed by atoms with Crippen molar-refractivity contribution in [2.24, 2.45) is 10.8 Å². The molecule has 0 N–H and O–H groups in total. The minimum absolute atomic E-state index is 0.682. The first-order valence-electron chi connectivity index (χ1n) is 8.10. The average molecular weight is 238 g/mol. The molecule has 1 rings (SSSR count). The van der Waals surface area contributed by atoms with Crippen LogP contribution in [-0.4, -0.2) is 0 Å². The first kappa shape index (κ1) is 15.1. The molecule has 102 valence electrons.